The Hall–Kier alpha value is -3.09. The molecule has 3 aromatic heterocycles. The van der Waals surface area contributed by atoms with E-state index in [2.05, 4.69) is 25.0 Å². The monoisotopic (exact) mass is 348 g/mol. The van der Waals surface area contributed by atoms with Gasteiger partial charge in [0, 0.05) is 42.5 Å². The SMILES string of the molecule is Cc1ccnc(N2CCCC2Cn2nc(-c3ccncc3)ccc2=O)n1. The molecule has 4 rings (SSSR count). The summed E-state index contributed by atoms with van der Waals surface area (Å²) in [5.74, 6) is 0.728. The fraction of sp³-hybridized carbons (Fsp3) is 0.316. The molecule has 7 heteroatoms. The van der Waals surface area contributed by atoms with Gasteiger partial charge in [-0.25, -0.2) is 14.6 Å². The predicted molar refractivity (Wildman–Crippen MR) is 98.9 cm³/mol. The lowest BCUT2D eigenvalue weighted by atomic mass is 10.2. The van der Waals surface area contributed by atoms with E-state index in [1.165, 1.54) is 0 Å². The molecule has 0 amide bonds. The molecule has 0 N–H and O–H groups in total. The minimum Gasteiger partial charge on any atom is -0.336 e. The van der Waals surface area contributed by atoms with Crippen molar-refractivity contribution < 1.29 is 0 Å². The molecule has 0 aliphatic carbocycles. The van der Waals surface area contributed by atoms with Crippen molar-refractivity contribution in [3.63, 3.8) is 0 Å². The Bertz CT molecular complexity index is 955. The van der Waals surface area contributed by atoms with Gasteiger partial charge in [-0.3, -0.25) is 9.78 Å². The molecule has 7 nitrogen and oxygen atoms in total. The van der Waals surface area contributed by atoms with E-state index < -0.39 is 0 Å². The highest BCUT2D eigenvalue weighted by Crippen LogP contribution is 2.23. The molecule has 0 radical (unpaired) electrons. The van der Waals surface area contributed by atoms with Crippen molar-refractivity contribution in [2.45, 2.75) is 32.4 Å². The first kappa shape index (κ1) is 16.4. The molecule has 1 saturated heterocycles. The molecule has 26 heavy (non-hydrogen) atoms. The molecule has 1 aliphatic heterocycles. The normalized spacial score (nSPS) is 16.8. The van der Waals surface area contributed by atoms with Crippen LogP contribution in [0.2, 0.25) is 0 Å². The number of aromatic nitrogens is 5. The standard InChI is InChI=1S/C19H20N6O/c1-14-6-11-21-19(22-14)24-12-2-3-16(24)13-25-18(26)5-4-17(23-25)15-7-9-20-10-8-15/h4-11,16H,2-3,12-13H2,1H3. The highest BCUT2D eigenvalue weighted by atomic mass is 16.1. The van der Waals surface area contributed by atoms with Crippen LogP contribution in [0.5, 0.6) is 0 Å². The number of pyridine rings is 1. The van der Waals surface area contributed by atoms with Gasteiger partial charge >= 0.3 is 0 Å². The third-order valence-electron chi connectivity index (χ3n) is 4.64. The van der Waals surface area contributed by atoms with Crippen molar-refractivity contribution in [3.05, 3.63) is 65.0 Å². The van der Waals surface area contributed by atoms with Gasteiger partial charge in [0.15, 0.2) is 0 Å². The molecule has 1 aliphatic rings. The topological polar surface area (TPSA) is 76.8 Å². The van der Waals surface area contributed by atoms with Gasteiger partial charge in [-0.15, -0.1) is 0 Å². The zero-order chi connectivity index (χ0) is 17.9. The number of rotatable bonds is 4. The minimum absolute atomic E-state index is 0.0974. The van der Waals surface area contributed by atoms with E-state index in [4.69, 9.17) is 0 Å². The molecule has 0 bridgehead atoms. The number of hydrogen-bond acceptors (Lipinski definition) is 6. The first-order valence-electron chi connectivity index (χ1n) is 8.75. The molecule has 4 heterocycles. The van der Waals surface area contributed by atoms with E-state index in [0.29, 0.717) is 6.54 Å². The molecule has 0 saturated carbocycles. The van der Waals surface area contributed by atoms with E-state index in [-0.39, 0.29) is 11.6 Å². The molecular weight excluding hydrogens is 328 g/mol. The van der Waals surface area contributed by atoms with Crippen LogP contribution < -0.4 is 10.5 Å². The molecule has 1 fully saturated rings. The van der Waals surface area contributed by atoms with E-state index >= 15 is 0 Å². The van der Waals surface area contributed by atoms with Crippen molar-refractivity contribution in [2.75, 3.05) is 11.4 Å². The van der Waals surface area contributed by atoms with Gasteiger partial charge in [0.1, 0.15) is 0 Å². The third-order valence-corrected chi connectivity index (χ3v) is 4.64. The lowest BCUT2D eigenvalue weighted by molar-refractivity contribution is 0.486. The molecule has 1 atom stereocenters. The van der Waals surface area contributed by atoms with Crippen LogP contribution in [0.1, 0.15) is 18.5 Å². The maximum absolute atomic E-state index is 12.3. The van der Waals surface area contributed by atoms with Crippen LogP contribution in [-0.4, -0.2) is 37.3 Å². The van der Waals surface area contributed by atoms with Crippen LogP contribution in [0.4, 0.5) is 5.95 Å². The van der Waals surface area contributed by atoms with Crippen LogP contribution in [-0.2, 0) is 6.54 Å². The fourth-order valence-corrected chi connectivity index (χ4v) is 3.32. The van der Waals surface area contributed by atoms with Gasteiger partial charge in [-0.2, -0.15) is 5.10 Å². The maximum Gasteiger partial charge on any atom is 0.266 e. The average molecular weight is 348 g/mol. The lowest BCUT2D eigenvalue weighted by Crippen LogP contribution is -2.38. The van der Waals surface area contributed by atoms with Gasteiger partial charge in [-0.1, -0.05) is 0 Å². The summed E-state index contributed by atoms with van der Waals surface area (Å²) in [5.41, 5.74) is 2.55. The highest BCUT2D eigenvalue weighted by Gasteiger charge is 2.27. The van der Waals surface area contributed by atoms with Crippen molar-refractivity contribution in [2.24, 2.45) is 0 Å². The van der Waals surface area contributed by atoms with Gasteiger partial charge < -0.3 is 4.90 Å². The summed E-state index contributed by atoms with van der Waals surface area (Å²) in [6.07, 6.45) is 7.27. The van der Waals surface area contributed by atoms with E-state index in [9.17, 15) is 4.79 Å². The van der Waals surface area contributed by atoms with E-state index in [1.807, 2.05) is 25.1 Å². The van der Waals surface area contributed by atoms with Crippen LogP contribution in [0.15, 0.2) is 53.7 Å². The van der Waals surface area contributed by atoms with Crippen molar-refractivity contribution in [1.29, 1.82) is 0 Å². The zero-order valence-electron chi connectivity index (χ0n) is 14.6. The van der Waals surface area contributed by atoms with Gasteiger partial charge in [0.2, 0.25) is 5.95 Å². The summed E-state index contributed by atoms with van der Waals surface area (Å²) in [4.78, 5) is 27.5. The van der Waals surface area contributed by atoms with Gasteiger partial charge in [0.05, 0.1) is 18.3 Å². The van der Waals surface area contributed by atoms with Crippen LogP contribution in [0, 0.1) is 6.92 Å². The number of hydrogen-bond donors (Lipinski definition) is 0. The van der Waals surface area contributed by atoms with E-state index in [0.717, 1.165) is 42.3 Å². The first-order valence-corrected chi connectivity index (χ1v) is 8.75. The Morgan fingerprint density at radius 2 is 1.96 bits per heavy atom. The van der Waals surface area contributed by atoms with Crippen LogP contribution in [0.25, 0.3) is 11.3 Å². The predicted octanol–water partition coefficient (Wildman–Crippen LogP) is 2.07. The summed E-state index contributed by atoms with van der Waals surface area (Å²) in [6, 6.07) is 9.16. The molecule has 3 aromatic rings. The highest BCUT2D eigenvalue weighted by molar-refractivity contribution is 5.57. The second kappa shape index (κ2) is 7.03. The number of nitrogens with zero attached hydrogens (tertiary/aromatic N) is 6. The first-order chi connectivity index (χ1) is 12.7. The second-order valence-corrected chi connectivity index (χ2v) is 6.46. The fourth-order valence-electron chi connectivity index (χ4n) is 3.32. The van der Waals surface area contributed by atoms with Crippen LogP contribution in [0.3, 0.4) is 0 Å². The summed E-state index contributed by atoms with van der Waals surface area (Å²) >= 11 is 0. The average Bonchev–Trinajstić information content (AvgIpc) is 3.12. The third kappa shape index (κ3) is 3.33. The molecule has 0 aromatic carbocycles. The summed E-state index contributed by atoms with van der Waals surface area (Å²) in [5, 5.41) is 4.56. The minimum atomic E-state index is -0.0974. The molecular formula is C19H20N6O. The molecule has 1 unspecified atom stereocenters. The van der Waals surface area contributed by atoms with Gasteiger partial charge in [-0.05, 0) is 44.0 Å². The number of aryl methyl sites for hydroxylation is 1. The smallest absolute Gasteiger partial charge is 0.266 e. The van der Waals surface area contributed by atoms with Crippen molar-refractivity contribution in [1.82, 2.24) is 24.7 Å². The summed E-state index contributed by atoms with van der Waals surface area (Å²) in [7, 11) is 0. The Morgan fingerprint density at radius 1 is 1.12 bits per heavy atom. The Balaban J connectivity index is 1.61. The van der Waals surface area contributed by atoms with Crippen LogP contribution >= 0.6 is 0 Å². The summed E-state index contributed by atoms with van der Waals surface area (Å²) < 4.78 is 1.55. The van der Waals surface area contributed by atoms with Crippen molar-refractivity contribution in [3.8, 4) is 11.3 Å². The Morgan fingerprint density at radius 3 is 2.77 bits per heavy atom. The quantitative estimate of drug-likeness (QED) is 0.718. The molecule has 0 spiro atoms. The summed E-state index contributed by atoms with van der Waals surface area (Å²) in [6.45, 7) is 3.38. The lowest BCUT2D eigenvalue weighted by Gasteiger charge is -2.25. The second-order valence-electron chi connectivity index (χ2n) is 6.46. The number of anilines is 1. The Kier molecular flexibility index (Phi) is 4.43. The Labute approximate surface area is 151 Å². The maximum atomic E-state index is 12.3. The zero-order valence-corrected chi connectivity index (χ0v) is 14.6. The van der Waals surface area contributed by atoms with Crippen molar-refractivity contribution >= 4 is 5.95 Å². The largest absolute Gasteiger partial charge is 0.336 e. The molecule has 132 valence electrons. The van der Waals surface area contributed by atoms with Gasteiger partial charge in [0.25, 0.3) is 5.56 Å². The van der Waals surface area contributed by atoms with E-state index in [1.54, 1.807) is 35.4 Å².